The number of aromatic nitrogens is 3. The summed E-state index contributed by atoms with van der Waals surface area (Å²) in [5, 5.41) is 2.98. The molecule has 0 unspecified atom stereocenters. The third-order valence-corrected chi connectivity index (χ3v) is 5.67. The molecule has 2 heterocycles. The number of hydrogen-bond donors (Lipinski definition) is 1. The number of fused-ring (bicyclic) bond motifs is 1. The van der Waals surface area contributed by atoms with E-state index in [4.69, 9.17) is 9.72 Å². The highest BCUT2D eigenvalue weighted by molar-refractivity contribution is 5.93. The molecule has 0 radical (unpaired) electrons. The second kappa shape index (κ2) is 10.8. The number of pyridine rings is 1. The zero-order valence-electron chi connectivity index (χ0n) is 19.3. The first-order valence-corrected chi connectivity index (χ1v) is 11.4. The summed E-state index contributed by atoms with van der Waals surface area (Å²) in [5.74, 6) is 1.92. The van der Waals surface area contributed by atoms with Crippen molar-refractivity contribution in [2.45, 2.75) is 39.7 Å². The number of rotatable bonds is 10. The molecular weight excluding hydrogens is 412 g/mol. The van der Waals surface area contributed by atoms with Crippen LogP contribution in [-0.2, 0) is 13.0 Å². The quantitative estimate of drug-likeness (QED) is 0.356. The Bertz CT molecular complexity index is 1220. The Morgan fingerprint density at radius 2 is 1.85 bits per heavy atom. The fourth-order valence-electron chi connectivity index (χ4n) is 3.89. The molecule has 0 aliphatic rings. The molecule has 2 aromatic heterocycles. The summed E-state index contributed by atoms with van der Waals surface area (Å²) in [4.78, 5) is 21.0. The molecule has 170 valence electrons. The minimum atomic E-state index is -0.0745. The maximum absolute atomic E-state index is 12.2. The minimum Gasteiger partial charge on any atom is -0.493 e. The second-order valence-electron chi connectivity index (χ2n) is 8.23. The van der Waals surface area contributed by atoms with E-state index in [1.165, 1.54) is 5.56 Å². The molecule has 0 atom stereocenters. The van der Waals surface area contributed by atoms with Crippen molar-refractivity contribution in [3.05, 3.63) is 89.5 Å². The Kier molecular flexibility index (Phi) is 7.35. The number of carbonyl (C=O) groups is 1. The number of nitrogens with zero attached hydrogens (tertiary/aromatic N) is 3. The van der Waals surface area contributed by atoms with Crippen LogP contribution in [0.15, 0.2) is 67.0 Å². The smallest absolute Gasteiger partial charge is 0.251 e. The molecule has 0 spiro atoms. The highest BCUT2D eigenvalue weighted by Gasteiger charge is 2.11. The Labute approximate surface area is 194 Å². The van der Waals surface area contributed by atoms with E-state index in [-0.39, 0.29) is 5.91 Å². The average molecular weight is 443 g/mol. The summed E-state index contributed by atoms with van der Waals surface area (Å²) in [6.07, 6.45) is 5.75. The maximum Gasteiger partial charge on any atom is 0.251 e. The molecule has 4 rings (SSSR count). The van der Waals surface area contributed by atoms with Gasteiger partial charge >= 0.3 is 0 Å². The van der Waals surface area contributed by atoms with Gasteiger partial charge in [0.2, 0.25) is 0 Å². The van der Waals surface area contributed by atoms with Crippen LogP contribution in [0.25, 0.3) is 11.0 Å². The van der Waals surface area contributed by atoms with Gasteiger partial charge in [-0.2, -0.15) is 0 Å². The first-order valence-electron chi connectivity index (χ1n) is 11.4. The number of aryl methyl sites for hydroxylation is 4. The van der Waals surface area contributed by atoms with Gasteiger partial charge in [-0.1, -0.05) is 24.3 Å². The third-order valence-electron chi connectivity index (χ3n) is 5.67. The number of nitrogens with one attached hydrogen (secondary N) is 1. The molecule has 4 aromatic rings. The monoisotopic (exact) mass is 442 g/mol. The second-order valence-corrected chi connectivity index (χ2v) is 8.23. The summed E-state index contributed by atoms with van der Waals surface area (Å²) in [6.45, 7) is 6.24. The van der Waals surface area contributed by atoms with Gasteiger partial charge in [-0.05, 0) is 68.1 Å². The molecule has 6 nitrogen and oxygen atoms in total. The number of para-hydroxylation sites is 2. The van der Waals surface area contributed by atoms with Crippen molar-refractivity contribution in [2.24, 2.45) is 0 Å². The molecule has 1 amide bonds. The molecule has 1 N–H and O–H groups in total. The Balaban J connectivity index is 1.34. The highest BCUT2D eigenvalue weighted by atomic mass is 16.5. The molecule has 0 aliphatic heterocycles. The van der Waals surface area contributed by atoms with E-state index in [2.05, 4.69) is 53.0 Å². The van der Waals surface area contributed by atoms with Crippen molar-refractivity contribution < 1.29 is 9.53 Å². The van der Waals surface area contributed by atoms with Gasteiger partial charge in [0.1, 0.15) is 11.6 Å². The van der Waals surface area contributed by atoms with E-state index in [0.29, 0.717) is 18.7 Å². The maximum atomic E-state index is 12.2. The minimum absolute atomic E-state index is 0.0745. The summed E-state index contributed by atoms with van der Waals surface area (Å²) < 4.78 is 8.33. The van der Waals surface area contributed by atoms with Gasteiger partial charge in [0, 0.05) is 37.5 Å². The van der Waals surface area contributed by atoms with E-state index < -0.39 is 0 Å². The van der Waals surface area contributed by atoms with E-state index in [9.17, 15) is 4.79 Å². The van der Waals surface area contributed by atoms with E-state index in [1.54, 1.807) is 24.5 Å². The van der Waals surface area contributed by atoms with Gasteiger partial charge in [0.05, 0.1) is 17.6 Å². The first-order chi connectivity index (χ1) is 16.1. The molecule has 0 bridgehead atoms. The lowest BCUT2D eigenvalue weighted by Gasteiger charge is -2.12. The van der Waals surface area contributed by atoms with E-state index in [1.807, 2.05) is 18.2 Å². The summed E-state index contributed by atoms with van der Waals surface area (Å²) >= 11 is 0. The number of ether oxygens (including phenoxy) is 1. The zero-order chi connectivity index (χ0) is 23.0. The van der Waals surface area contributed by atoms with Crippen LogP contribution in [0.4, 0.5) is 0 Å². The average Bonchev–Trinajstić information content (AvgIpc) is 3.19. The lowest BCUT2D eigenvalue weighted by atomic mass is 10.1. The van der Waals surface area contributed by atoms with Gasteiger partial charge in [-0.15, -0.1) is 0 Å². The number of benzene rings is 2. The van der Waals surface area contributed by atoms with Crippen molar-refractivity contribution in [3.8, 4) is 5.75 Å². The Hall–Kier alpha value is -3.67. The van der Waals surface area contributed by atoms with E-state index >= 15 is 0 Å². The largest absolute Gasteiger partial charge is 0.493 e. The van der Waals surface area contributed by atoms with Gasteiger partial charge in [-0.25, -0.2) is 4.98 Å². The van der Waals surface area contributed by atoms with Crippen LogP contribution in [0, 0.1) is 13.8 Å². The van der Waals surface area contributed by atoms with Crippen molar-refractivity contribution in [1.82, 2.24) is 19.9 Å². The van der Waals surface area contributed by atoms with Gasteiger partial charge < -0.3 is 14.6 Å². The van der Waals surface area contributed by atoms with Gasteiger partial charge in [-0.3, -0.25) is 9.78 Å². The van der Waals surface area contributed by atoms with Crippen molar-refractivity contribution >= 4 is 16.9 Å². The van der Waals surface area contributed by atoms with Crippen LogP contribution in [0.2, 0.25) is 0 Å². The van der Waals surface area contributed by atoms with Crippen molar-refractivity contribution in [1.29, 1.82) is 0 Å². The van der Waals surface area contributed by atoms with Crippen LogP contribution in [0.3, 0.4) is 0 Å². The number of imidazole rings is 1. The standard InChI is InChI=1S/C27H30N4O2/c1-20-10-11-21(2)25(19-20)33-18-6-17-31-24-8-4-3-7-23(24)30-26(31)9-5-14-29-27(32)22-12-15-28-16-13-22/h3-4,7-8,10-13,15-16,19H,5-6,9,14,17-18H2,1-2H3,(H,29,32). The van der Waals surface area contributed by atoms with Gasteiger partial charge in [0.15, 0.2) is 0 Å². The SMILES string of the molecule is Cc1ccc(C)c(OCCCn2c(CCCNC(=O)c3ccncc3)nc3ccccc32)c1. The molecule has 6 heteroatoms. The van der Waals surface area contributed by atoms with Crippen LogP contribution < -0.4 is 10.1 Å². The summed E-state index contributed by atoms with van der Waals surface area (Å²) in [6, 6.07) is 18.0. The summed E-state index contributed by atoms with van der Waals surface area (Å²) in [7, 11) is 0. The first kappa shape index (κ1) is 22.5. The number of carbonyl (C=O) groups excluding carboxylic acids is 1. The van der Waals surface area contributed by atoms with Crippen LogP contribution in [0.5, 0.6) is 5.75 Å². The Morgan fingerprint density at radius 3 is 2.70 bits per heavy atom. The topological polar surface area (TPSA) is 69.0 Å². The Morgan fingerprint density at radius 1 is 1.03 bits per heavy atom. The molecule has 33 heavy (non-hydrogen) atoms. The number of hydrogen-bond acceptors (Lipinski definition) is 4. The van der Waals surface area contributed by atoms with Crippen LogP contribution in [-0.4, -0.2) is 33.6 Å². The molecule has 0 aliphatic carbocycles. The van der Waals surface area contributed by atoms with Crippen LogP contribution >= 0.6 is 0 Å². The molecule has 0 fully saturated rings. The van der Waals surface area contributed by atoms with Gasteiger partial charge in [0.25, 0.3) is 5.91 Å². The molecule has 0 saturated carbocycles. The predicted octanol–water partition coefficient (Wildman–Crippen LogP) is 4.88. The fraction of sp³-hybridized carbons (Fsp3) is 0.296. The highest BCUT2D eigenvalue weighted by Crippen LogP contribution is 2.20. The molecule has 0 saturated heterocycles. The van der Waals surface area contributed by atoms with Crippen LogP contribution in [0.1, 0.15) is 40.2 Å². The van der Waals surface area contributed by atoms with E-state index in [0.717, 1.165) is 54.0 Å². The van der Waals surface area contributed by atoms with Crippen molar-refractivity contribution in [2.75, 3.05) is 13.2 Å². The third kappa shape index (κ3) is 5.77. The lowest BCUT2D eigenvalue weighted by Crippen LogP contribution is -2.25. The predicted molar refractivity (Wildman–Crippen MR) is 131 cm³/mol. The lowest BCUT2D eigenvalue weighted by molar-refractivity contribution is 0.0953. The fourth-order valence-corrected chi connectivity index (χ4v) is 3.89. The summed E-state index contributed by atoms with van der Waals surface area (Å²) in [5.41, 5.74) is 5.13. The zero-order valence-corrected chi connectivity index (χ0v) is 19.3. The van der Waals surface area contributed by atoms with Crippen molar-refractivity contribution in [3.63, 3.8) is 0 Å². The molecule has 2 aromatic carbocycles. The number of amides is 1. The molecular formula is C27H30N4O2. The normalized spacial score (nSPS) is 11.0.